The van der Waals surface area contributed by atoms with Crippen LogP contribution in [0, 0.1) is 0 Å². The lowest BCUT2D eigenvalue weighted by atomic mass is 9.96. The molecule has 0 atom stereocenters. The number of nitrogens with zero attached hydrogens (tertiary/aromatic N) is 3. The van der Waals surface area contributed by atoms with Gasteiger partial charge in [-0.05, 0) is 19.0 Å². The van der Waals surface area contributed by atoms with E-state index in [0.717, 1.165) is 61.5 Å². The lowest BCUT2D eigenvalue weighted by molar-refractivity contribution is 0.0695. The van der Waals surface area contributed by atoms with E-state index in [9.17, 15) is 9.90 Å². The van der Waals surface area contributed by atoms with Gasteiger partial charge in [0.2, 0.25) is 0 Å². The Bertz CT molecular complexity index is 996. The quantitative estimate of drug-likeness (QED) is 0.687. The van der Waals surface area contributed by atoms with Crippen LogP contribution < -0.4 is 0 Å². The molecule has 29 heavy (non-hydrogen) atoms. The van der Waals surface area contributed by atoms with Crippen molar-refractivity contribution in [2.45, 2.75) is 19.9 Å². The number of carboxylic acid groups (broad SMARTS) is 1. The molecule has 4 rings (SSSR count). The molecule has 1 saturated heterocycles. The molecule has 150 valence electrons. The number of pyridine rings is 1. The first-order valence-electron chi connectivity index (χ1n) is 10.3. The van der Waals surface area contributed by atoms with Crippen LogP contribution in [0.5, 0.6) is 0 Å². The maximum absolute atomic E-state index is 12.3. The third kappa shape index (κ3) is 4.16. The second-order valence-electron chi connectivity index (χ2n) is 7.62. The zero-order valence-corrected chi connectivity index (χ0v) is 16.8. The number of aromatic nitrogens is 1. The summed E-state index contributed by atoms with van der Waals surface area (Å²) in [4.78, 5) is 22.1. The normalized spacial score (nSPS) is 15.6. The Morgan fingerprint density at radius 1 is 0.966 bits per heavy atom. The van der Waals surface area contributed by atoms with Crippen LogP contribution in [0.2, 0.25) is 0 Å². The van der Waals surface area contributed by atoms with Crippen LogP contribution in [-0.2, 0) is 6.54 Å². The highest BCUT2D eigenvalue weighted by Gasteiger charge is 2.24. The molecule has 1 fully saturated rings. The van der Waals surface area contributed by atoms with E-state index >= 15 is 0 Å². The minimum absolute atomic E-state index is 0.380. The average Bonchev–Trinajstić information content (AvgIpc) is 2.75. The van der Waals surface area contributed by atoms with Crippen LogP contribution in [0.1, 0.15) is 29.3 Å². The molecule has 0 radical (unpaired) electrons. The molecule has 1 N–H and O–H groups in total. The Morgan fingerprint density at radius 3 is 2.31 bits per heavy atom. The molecular formula is C24H27N3O2. The molecular weight excluding hydrogens is 362 g/mol. The van der Waals surface area contributed by atoms with Gasteiger partial charge in [0.25, 0.3) is 0 Å². The summed E-state index contributed by atoms with van der Waals surface area (Å²) >= 11 is 0. The number of aromatic carboxylic acids is 1. The minimum Gasteiger partial charge on any atom is -0.478 e. The summed E-state index contributed by atoms with van der Waals surface area (Å²) in [6, 6.07) is 17.5. The van der Waals surface area contributed by atoms with Gasteiger partial charge in [-0.25, -0.2) is 9.78 Å². The molecule has 0 amide bonds. The Labute approximate surface area is 171 Å². The molecule has 1 aromatic heterocycles. The Hall–Kier alpha value is -2.76. The van der Waals surface area contributed by atoms with Crippen LogP contribution in [0.15, 0.2) is 54.6 Å². The van der Waals surface area contributed by atoms with Gasteiger partial charge < -0.3 is 10.0 Å². The van der Waals surface area contributed by atoms with Crippen LogP contribution in [0.4, 0.5) is 0 Å². The van der Waals surface area contributed by atoms with Crippen LogP contribution in [0.3, 0.4) is 0 Å². The molecule has 0 aliphatic carbocycles. The second kappa shape index (κ2) is 8.72. The molecule has 0 saturated carbocycles. The molecule has 3 aromatic rings. The summed E-state index contributed by atoms with van der Waals surface area (Å²) in [6.07, 6.45) is 1.16. The number of para-hydroxylation sites is 1. The van der Waals surface area contributed by atoms with Gasteiger partial charge in [0.05, 0.1) is 16.8 Å². The number of hydrogen-bond donors (Lipinski definition) is 1. The van der Waals surface area contributed by atoms with Gasteiger partial charge in [-0.2, -0.15) is 0 Å². The maximum Gasteiger partial charge on any atom is 0.336 e. The smallest absolute Gasteiger partial charge is 0.336 e. The zero-order chi connectivity index (χ0) is 20.2. The summed E-state index contributed by atoms with van der Waals surface area (Å²) in [6.45, 7) is 7.87. The van der Waals surface area contributed by atoms with Crippen LogP contribution in [-0.4, -0.2) is 58.6 Å². The number of hydrogen-bond acceptors (Lipinski definition) is 4. The molecule has 1 aliphatic rings. The fourth-order valence-corrected chi connectivity index (χ4v) is 4.20. The standard InChI is InChI=1S/C24H27N3O2/c1-2-12-26-13-15-27(16-14-26)17-20-22(24(28)29)19-10-6-7-11-21(19)25-23(20)18-8-4-3-5-9-18/h3-11H,2,12-17H2,1H3,(H,28,29). The Morgan fingerprint density at radius 2 is 1.62 bits per heavy atom. The largest absolute Gasteiger partial charge is 0.478 e. The number of carboxylic acids is 1. The van der Waals surface area contributed by atoms with E-state index in [-0.39, 0.29) is 0 Å². The Kier molecular flexibility index (Phi) is 5.88. The minimum atomic E-state index is -0.889. The van der Waals surface area contributed by atoms with Gasteiger partial charge in [-0.15, -0.1) is 0 Å². The van der Waals surface area contributed by atoms with Gasteiger partial charge in [0.1, 0.15) is 0 Å². The number of fused-ring (bicyclic) bond motifs is 1. The lowest BCUT2D eigenvalue weighted by Gasteiger charge is -2.35. The second-order valence-corrected chi connectivity index (χ2v) is 7.62. The highest BCUT2D eigenvalue weighted by molar-refractivity contribution is 6.05. The molecule has 0 spiro atoms. The highest BCUT2D eigenvalue weighted by Crippen LogP contribution is 2.31. The van der Waals surface area contributed by atoms with Crippen molar-refractivity contribution in [2.75, 3.05) is 32.7 Å². The van der Waals surface area contributed by atoms with Gasteiger partial charge in [-0.3, -0.25) is 4.90 Å². The van der Waals surface area contributed by atoms with Crippen molar-refractivity contribution >= 4 is 16.9 Å². The number of benzene rings is 2. The van der Waals surface area contributed by atoms with E-state index in [1.165, 1.54) is 0 Å². The van der Waals surface area contributed by atoms with E-state index in [1.54, 1.807) is 0 Å². The first-order chi connectivity index (χ1) is 14.2. The lowest BCUT2D eigenvalue weighted by Crippen LogP contribution is -2.46. The van der Waals surface area contributed by atoms with Crippen molar-refractivity contribution in [1.82, 2.24) is 14.8 Å². The highest BCUT2D eigenvalue weighted by atomic mass is 16.4. The van der Waals surface area contributed by atoms with E-state index < -0.39 is 5.97 Å². The molecule has 2 aromatic carbocycles. The van der Waals surface area contributed by atoms with Crippen molar-refractivity contribution in [3.8, 4) is 11.3 Å². The molecule has 5 heteroatoms. The summed E-state index contributed by atoms with van der Waals surface area (Å²) in [5.74, 6) is -0.889. The van der Waals surface area contributed by atoms with Gasteiger partial charge >= 0.3 is 5.97 Å². The third-order valence-electron chi connectivity index (χ3n) is 5.64. The SMILES string of the molecule is CCCN1CCN(Cc2c(-c3ccccc3)nc3ccccc3c2C(=O)O)CC1. The fraction of sp³-hybridized carbons (Fsp3) is 0.333. The molecule has 2 heterocycles. The first kappa shape index (κ1) is 19.6. The van der Waals surface area contributed by atoms with Gasteiger partial charge in [0, 0.05) is 49.2 Å². The summed E-state index contributed by atoms with van der Waals surface area (Å²) in [7, 11) is 0. The number of rotatable bonds is 6. The van der Waals surface area contributed by atoms with Crippen molar-refractivity contribution in [1.29, 1.82) is 0 Å². The van der Waals surface area contributed by atoms with Crippen molar-refractivity contribution in [2.24, 2.45) is 0 Å². The third-order valence-corrected chi connectivity index (χ3v) is 5.64. The molecule has 5 nitrogen and oxygen atoms in total. The monoisotopic (exact) mass is 389 g/mol. The first-order valence-corrected chi connectivity index (χ1v) is 10.3. The van der Waals surface area contributed by atoms with E-state index in [4.69, 9.17) is 4.98 Å². The van der Waals surface area contributed by atoms with Crippen molar-refractivity contribution in [3.63, 3.8) is 0 Å². The van der Waals surface area contributed by atoms with E-state index in [0.29, 0.717) is 17.5 Å². The Balaban J connectivity index is 1.78. The molecule has 1 aliphatic heterocycles. The molecule has 0 unspecified atom stereocenters. The van der Waals surface area contributed by atoms with E-state index in [2.05, 4.69) is 16.7 Å². The predicted octanol–water partition coefficient (Wildman–Crippen LogP) is 4.13. The van der Waals surface area contributed by atoms with Crippen molar-refractivity contribution < 1.29 is 9.90 Å². The number of carbonyl (C=O) groups is 1. The number of piperazine rings is 1. The molecule has 0 bridgehead atoms. The topological polar surface area (TPSA) is 56.7 Å². The van der Waals surface area contributed by atoms with Gasteiger partial charge in [0.15, 0.2) is 0 Å². The van der Waals surface area contributed by atoms with Crippen molar-refractivity contribution in [3.05, 3.63) is 65.7 Å². The summed E-state index contributed by atoms with van der Waals surface area (Å²) < 4.78 is 0. The summed E-state index contributed by atoms with van der Waals surface area (Å²) in [5, 5.41) is 10.8. The zero-order valence-electron chi connectivity index (χ0n) is 16.8. The summed E-state index contributed by atoms with van der Waals surface area (Å²) in [5.41, 5.74) is 3.65. The maximum atomic E-state index is 12.3. The predicted molar refractivity (Wildman–Crippen MR) is 116 cm³/mol. The van der Waals surface area contributed by atoms with E-state index in [1.807, 2.05) is 54.6 Å². The van der Waals surface area contributed by atoms with Crippen LogP contribution >= 0.6 is 0 Å². The fourth-order valence-electron chi connectivity index (χ4n) is 4.20. The van der Waals surface area contributed by atoms with Crippen LogP contribution in [0.25, 0.3) is 22.2 Å². The van der Waals surface area contributed by atoms with Gasteiger partial charge in [-0.1, -0.05) is 55.5 Å². The average molecular weight is 389 g/mol.